The van der Waals surface area contributed by atoms with E-state index >= 15 is 0 Å². The van der Waals surface area contributed by atoms with Gasteiger partial charge in [-0.05, 0) is 25.1 Å². The molecule has 0 atom stereocenters. The Morgan fingerprint density at radius 1 is 1.50 bits per heavy atom. The summed E-state index contributed by atoms with van der Waals surface area (Å²) < 4.78 is 25.0. The molecule has 1 aromatic rings. The minimum Gasteiger partial charge on any atom is -0.395 e. The van der Waals surface area contributed by atoms with E-state index in [1.807, 2.05) is 6.92 Å². The first-order chi connectivity index (χ1) is 9.49. The lowest BCUT2D eigenvalue weighted by atomic mass is 10.1. The van der Waals surface area contributed by atoms with Crippen molar-refractivity contribution in [1.29, 1.82) is 0 Å². The minimum atomic E-state index is -2.66. The number of aliphatic hydroxyl groups excluding tert-OH is 1. The van der Waals surface area contributed by atoms with E-state index in [4.69, 9.17) is 16.7 Å². The Morgan fingerprint density at radius 2 is 2.20 bits per heavy atom. The lowest BCUT2D eigenvalue weighted by Crippen LogP contribution is -2.37. The number of benzene rings is 1. The van der Waals surface area contributed by atoms with Gasteiger partial charge in [0.2, 0.25) is 0 Å². The number of carbonyl (C=O) groups excluding carboxylic acids is 1. The highest BCUT2D eigenvalue weighted by molar-refractivity contribution is 6.31. The van der Waals surface area contributed by atoms with Gasteiger partial charge in [0, 0.05) is 23.8 Å². The molecule has 20 heavy (non-hydrogen) atoms. The molecular formula is C13H17ClF2N2O2. The lowest BCUT2D eigenvalue weighted by molar-refractivity contribution is 0.0510. The Morgan fingerprint density at radius 3 is 2.75 bits per heavy atom. The van der Waals surface area contributed by atoms with Crippen molar-refractivity contribution in [1.82, 2.24) is 4.90 Å². The summed E-state index contributed by atoms with van der Waals surface area (Å²) in [7, 11) is 0. The van der Waals surface area contributed by atoms with Crippen LogP contribution in [0.2, 0.25) is 5.02 Å². The number of anilines is 1. The van der Waals surface area contributed by atoms with Crippen LogP contribution in [0.25, 0.3) is 0 Å². The predicted octanol–water partition coefficient (Wildman–Crippen LogP) is 2.47. The smallest absolute Gasteiger partial charge is 0.256 e. The number of carbonyl (C=O) groups is 1. The van der Waals surface area contributed by atoms with Crippen molar-refractivity contribution in [2.24, 2.45) is 0 Å². The first-order valence-corrected chi connectivity index (χ1v) is 6.59. The van der Waals surface area contributed by atoms with Crippen LogP contribution in [-0.4, -0.2) is 48.6 Å². The quantitative estimate of drug-likeness (QED) is 0.813. The van der Waals surface area contributed by atoms with Crippen molar-refractivity contribution in [3.8, 4) is 0 Å². The zero-order chi connectivity index (χ0) is 15.1. The first-order valence-electron chi connectivity index (χ1n) is 6.21. The maximum atomic E-state index is 12.5. The summed E-state index contributed by atoms with van der Waals surface area (Å²) in [5.41, 5.74) is 0.743. The van der Waals surface area contributed by atoms with Crippen LogP contribution in [0.1, 0.15) is 17.3 Å². The van der Waals surface area contributed by atoms with Gasteiger partial charge < -0.3 is 15.3 Å². The van der Waals surface area contributed by atoms with Crippen LogP contribution in [0.4, 0.5) is 14.5 Å². The minimum absolute atomic E-state index is 0.152. The van der Waals surface area contributed by atoms with Gasteiger partial charge in [0.05, 0.1) is 18.7 Å². The van der Waals surface area contributed by atoms with Crippen LogP contribution in [-0.2, 0) is 0 Å². The van der Waals surface area contributed by atoms with Crippen LogP contribution in [0.3, 0.4) is 0 Å². The molecule has 0 radical (unpaired) electrons. The average molecular weight is 307 g/mol. The molecule has 0 aromatic heterocycles. The van der Waals surface area contributed by atoms with E-state index in [2.05, 4.69) is 5.32 Å². The fourth-order valence-corrected chi connectivity index (χ4v) is 1.94. The van der Waals surface area contributed by atoms with Gasteiger partial charge in [-0.1, -0.05) is 11.6 Å². The van der Waals surface area contributed by atoms with E-state index in [9.17, 15) is 13.6 Å². The Balaban J connectivity index is 3.05. The molecule has 1 rings (SSSR count). The largest absolute Gasteiger partial charge is 0.395 e. The van der Waals surface area contributed by atoms with E-state index in [0.29, 0.717) is 17.3 Å². The second kappa shape index (κ2) is 8.01. The van der Waals surface area contributed by atoms with E-state index < -0.39 is 18.9 Å². The van der Waals surface area contributed by atoms with Gasteiger partial charge in [-0.15, -0.1) is 0 Å². The maximum Gasteiger partial charge on any atom is 0.256 e. The SMILES string of the molecule is CCNc1ccc(Cl)cc1C(=O)N(CCO)CC(F)F. The molecule has 0 fully saturated rings. The summed E-state index contributed by atoms with van der Waals surface area (Å²) in [5, 5.41) is 12.2. The summed E-state index contributed by atoms with van der Waals surface area (Å²) in [5.74, 6) is -0.585. The average Bonchev–Trinajstić information content (AvgIpc) is 2.39. The maximum absolute atomic E-state index is 12.5. The Kier molecular flexibility index (Phi) is 6.67. The fraction of sp³-hybridized carbons (Fsp3) is 0.462. The van der Waals surface area contributed by atoms with Crippen molar-refractivity contribution in [2.75, 3.05) is 31.6 Å². The number of hydrogen-bond acceptors (Lipinski definition) is 3. The second-order valence-corrected chi connectivity index (χ2v) is 4.52. The molecule has 0 bridgehead atoms. The molecule has 2 N–H and O–H groups in total. The third-order valence-electron chi connectivity index (χ3n) is 2.59. The molecule has 1 aromatic carbocycles. The lowest BCUT2D eigenvalue weighted by Gasteiger charge is -2.23. The van der Waals surface area contributed by atoms with Crippen molar-refractivity contribution in [3.63, 3.8) is 0 Å². The highest BCUT2D eigenvalue weighted by Crippen LogP contribution is 2.22. The topological polar surface area (TPSA) is 52.6 Å². The normalized spacial score (nSPS) is 10.7. The molecule has 0 heterocycles. The summed E-state index contributed by atoms with van der Waals surface area (Å²) in [6, 6.07) is 4.66. The van der Waals surface area contributed by atoms with Gasteiger partial charge in [-0.2, -0.15) is 0 Å². The standard InChI is InChI=1S/C13H17ClF2N2O2/c1-2-17-11-4-3-9(14)7-10(11)13(20)18(5-6-19)8-12(15)16/h3-4,7,12,17,19H,2,5-6,8H2,1H3. The van der Waals surface area contributed by atoms with Gasteiger partial charge in [0.1, 0.15) is 0 Å². The Bertz CT molecular complexity index is 458. The Labute approximate surface area is 121 Å². The highest BCUT2D eigenvalue weighted by Gasteiger charge is 2.21. The van der Waals surface area contributed by atoms with Gasteiger partial charge in [0.15, 0.2) is 0 Å². The number of nitrogens with zero attached hydrogens (tertiary/aromatic N) is 1. The predicted molar refractivity (Wildman–Crippen MR) is 74.6 cm³/mol. The molecule has 0 aliphatic rings. The van der Waals surface area contributed by atoms with Gasteiger partial charge >= 0.3 is 0 Å². The summed E-state index contributed by atoms with van der Waals surface area (Å²) in [6.45, 7) is 1.18. The number of alkyl halides is 2. The summed E-state index contributed by atoms with van der Waals surface area (Å²) in [4.78, 5) is 13.2. The van der Waals surface area contributed by atoms with Crippen molar-refractivity contribution in [2.45, 2.75) is 13.3 Å². The molecule has 0 aliphatic carbocycles. The number of nitrogens with one attached hydrogen (secondary N) is 1. The summed E-state index contributed by atoms with van der Waals surface area (Å²) >= 11 is 5.85. The van der Waals surface area contributed by atoms with Crippen LogP contribution >= 0.6 is 11.6 Å². The van der Waals surface area contributed by atoms with E-state index in [1.54, 1.807) is 12.1 Å². The van der Waals surface area contributed by atoms with Crippen molar-refractivity contribution >= 4 is 23.2 Å². The third-order valence-corrected chi connectivity index (χ3v) is 2.83. The van der Waals surface area contributed by atoms with E-state index in [1.165, 1.54) is 6.07 Å². The third kappa shape index (κ3) is 4.61. The van der Waals surface area contributed by atoms with Crippen LogP contribution in [0.15, 0.2) is 18.2 Å². The molecular weight excluding hydrogens is 290 g/mol. The molecule has 0 aliphatic heterocycles. The van der Waals surface area contributed by atoms with Crippen molar-refractivity contribution < 1.29 is 18.7 Å². The van der Waals surface area contributed by atoms with E-state index in [-0.39, 0.29) is 18.7 Å². The Hall–Kier alpha value is -1.40. The fourth-order valence-electron chi connectivity index (χ4n) is 1.77. The zero-order valence-electron chi connectivity index (χ0n) is 11.1. The van der Waals surface area contributed by atoms with Gasteiger partial charge in [-0.3, -0.25) is 4.79 Å². The first kappa shape index (κ1) is 16.7. The van der Waals surface area contributed by atoms with Gasteiger partial charge in [-0.25, -0.2) is 8.78 Å². The summed E-state index contributed by atoms with van der Waals surface area (Å²) in [6.07, 6.45) is -2.66. The monoisotopic (exact) mass is 306 g/mol. The van der Waals surface area contributed by atoms with Crippen molar-refractivity contribution in [3.05, 3.63) is 28.8 Å². The zero-order valence-corrected chi connectivity index (χ0v) is 11.8. The molecule has 4 nitrogen and oxygen atoms in total. The highest BCUT2D eigenvalue weighted by atomic mass is 35.5. The second-order valence-electron chi connectivity index (χ2n) is 4.09. The molecule has 0 saturated carbocycles. The number of halogens is 3. The van der Waals surface area contributed by atoms with Crippen LogP contribution in [0.5, 0.6) is 0 Å². The number of hydrogen-bond donors (Lipinski definition) is 2. The number of rotatable bonds is 7. The molecule has 0 saturated heterocycles. The molecule has 112 valence electrons. The van der Waals surface area contributed by atoms with Gasteiger partial charge in [0.25, 0.3) is 12.3 Å². The molecule has 1 amide bonds. The number of amides is 1. The molecule has 7 heteroatoms. The molecule has 0 spiro atoms. The molecule has 0 unspecified atom stereocenters. The van der Waals surface area contributed by atoms with E-state index in [0.717, 1.165) is 4.90 Å². The number of aliphatic hydroxyl groups is 1. The van der Waals surface area contributed by atoms with Crippen LogP contribution in [0, 0.1) is 0 Å². The van der Waals surface area contributed by atoms with Crippen LogP contribution < -0.4 is 5.32 Å².